The summed E-state index contributed by atoms with van der Waals surface area (Å²) in [5, 5.41) is 3.63. The molecule has 1 aromatic heterocycles. The molecule has 4 heteroatoms. The van der Waals surface area contributed by atoms with E-state index in [1.807, 2.05) is 6.07 Å². The third-order valence-electron chi connectivity index (χ3n) is 3.73. The van der Waals surface area contributed by atoms with Gasteiger partial charge in [0.05, 0.1) is 10.4 Å². The standard InChI is InChI=1S/C17H20ClNOS/c1-3-8-19-17(15-6-7-16(18)21-15)12-4-5-14-13(10-12)9-11(2)20-14/h4-7,10-11,17,19H,3,8-9H2,1-2H3. The fourth-order valence-electron chi connectivity index (χ4n) is 2.78. The van der Waals surface area contributed by atoms with E-state index in [-0.39, 0.29) is 12.1 Å². The van der Waals surface area contributed by atoms with Crippen LogP contribution in [0.4, 0.5) is 0 Å². The molecule has 0 saturated carbocycles. The van der Waals surface area contributed by atoms with Gasteiger partial charge in [0.15, 0.2) is 0 Å². The van der Waals surface area contributed by atoms with Crippen molar-refractivity contribution in [3.63, 3.8) is 0 Å². The van der Waals surface area contributed by atoms with E-state index in [1.54, 1.807) is 11.3 Å². The Bertz CT molecular complexity index is 625. The van der Waals surface area contributed by atoms with Gasteiger partial charge >= 0.3 is 0 Å². The summed E-state index contributed by atoms with van der Waals surface area (Å²) < 4.78 is 6.63. The van der Waals surface area contributed by atoms with E-state index in [0.29, 0.717) is 0 Å². The topological polar surface area (TPSA) is 21.3 Å². The van der Waals surface area contributed by atoms with Crippen molar-refractivity contribution < 1.29 is 4.74 Å². The van der Waals surface area contributed by atoms with Gasteiger partial charge in [-0.05, 0) is 49.2 Å². The number of fused-ring (bicyclic) bond motifs is 1. The van der Waals surface area contributed by atoms with Crippen LogP contribution in [0.2, 0.25) is 4.34 Å². The quantitative estimate of drug-likeness (QED) is 0.853. The number of rotatable bonds is 5. The maximum Gasteiger partial charge on any atom is 0.123 e. The zero-order valence-electron chi connectivity index (χ0n) is 12.4. The number of hydrogen-bond acceptors (Lipinski definition) is 3. The van der Waals surface area contributed by atoms with Gasteiger partial charge in [0, 0.05) is 11.3 Å². The fourth-order valence-corrected chi connectivity index (χ4v) is 3.94. The molecule has 0 spiro atoms. The summed E-state index contributed by atoms with van der Waals surface area (Å²) in [4.78, 5) is 1.26. The van der Waals surface area contributed by atoms with Crippen molar-refractivity contribution in [2.75, 3.05) is 6.54 Å². The van der Waals surface area contributed by atoms with Crippen LogP contribution < -0.4 is 10.1 Å². The lowest BCUT2D eigenvalue weighted by molar-refractivity contribution is 0.254. The molecule has 1 aliphatic rings. The Morgan fingerprint density at radius 2 is 2.24 bits per heavy atom. The van der Waals surface area contributed by atoms with Crippen molar-refractivity contribution in [1.29, 1.82) is 0 Å². The van der Waals surface area contributed by atoms with Gasteiger partial charge in [0.25, 0.3) is 0 Å². The highest BCUT2D eigenvalue weighted by atomic mass is 35.5. The molecule has 21 heavy (non-hydrogen) atoms. The third-order valence-corrected chi connectivity index (χ3v) is 5.03. The second-order valence-electron chi connectivity index (χ2n) is 5.53. The predicted molar refractivity (Wildman–Crippen MR) is 89.7 cm³/mol. The summed E-state index contributed by atoms with van der Waals surface area (Å²) in [7, 11) is 0. The van der Waals surface area contributed by atoms with Crippen LogP contribution in [0, 0.1) is 0 Å². The van der Waals surface area contributed by atoms with Crippen LogP contribution in [0.15, 0.2) is 30.3 Å². The molecule has 0 bridgehead atoms. The summed E-state index contributed by atoms with van der Waals surface area (Å²) in [5.74, 6) is 1.03. The van der Waals surface area contributed by atoms with Gasteiger partial charge in [0.1, 0.15) is 11.9 Å². The molecule has 0 amide bonds. The van der Waals surface area contributed by atoms with E-state index in [9.17, 15) is 0 Å². The van der Waals surface area contributed by atoms with Gasteiger partial charge in [-0.25, -0.2) is 0 Å². The van der Waals surface area contributed by atoms with Crippen molar-refractivity contribution >= 4 is 22.9 Å². The first kappa shape index (κ1) is 14.9. The van der Waals surface area contributed by atoms with Crippen LogP contribution >= 0.6 is 22.9 Å². The Hall–Kier alpha value is -1.03. The number of thiophene rings is 1. The molecule has 112 valence electrons. The minimum Gasteiger partial charge on any atom is -0.490 e. The molecule has 2 aromatic rings. The van der Waals surface area contributed by atoms with Gasteiger partial charge in [-0.2, -0.15) is 0 Å². The number of halogens is 1. The lowest BCUT2D eigenvalue weighted by Gasteiger charge is -2.18. The molecule has 1 aromatic carbocycles. The van der Waals surface area contributed by atoms with Gasteiger partial charge in [0.2, 0.25) is 0 Å². The molecule has 3 rings (SSSR count). The smallest absolute Gasteiger partial charge is 0.123 e. The van der Waals surface area contributed by atoms with Crippen molar-refractivity contribution in [3.05, 3.63) is 50.7 Å². The van der Waals surface area contributed by atoms with Crippen molar-refractivity contribution in [2.24, 2.45) is 0 Å². The van der Waals surface area contributed by atoms with Crippen LogP contribution in [-0.4, -0.2) is 12.6 Å². The Morgan fingerprint density at radius 1 is 1.38 bits per heavy atom. The first-order valence-electron chi connectivity index (χ1n) is 7.45. The lowest BCUT2D eigenvalue weighted by atomic mass is 10.0. The molecule has 2 heterocycles. The summed E-state index contributed by atoms with van der Waals surface area (Å²) in [5.41, 5.74) is 2.60. The zero-order valence-corrected chi connectivity index (χ0v) is 13.9. The van der Waals surface area contributed by atoms with Crippen LogP contribution in [0.1, 0.15) is 42.3 Å². The maximum atomic E-state index is 6.11. The normalized spacial score (nSPS) is 18.3. The molecule has 0 radical (unpaired) electrons. The average Bonchev–Trinajstić information content (AvgIpc) is 3.04. The predicted octanol–water partition coefficient (Wildman–Crippen LogP) is 4.81. The van der Waals surface area contributed by atoms with E-state index >= 15 is 0 Å². The van der Waals surface area contributed by atoms with Crippen LogP contribution in [-0.2, 0) is 6.42 Å². The van der Waals surface area contributed by atoms with E-state index < -0.39 is 0 Å². The molecular weight excluding hydrogens is 302 g/mol. The highest BCUT2D eigenvalue weighted by Gasteiger charge is 2.22. The molecule has 1 N–H and O–H groups in total. The summed E-state index contributed by atoms with van der Waals surface area (Å²) in [6.07, 6.45) is 2.39. The van der Waals surface area contributed by atoms with Gasteiger partial charge < -0.3 is 10.1 Å². The van der Waals surface area contributed by atoms with Crippen molar-refractivity contribution in [2.45, 2.75) is 38.8 Å². The lowest BCUT2D eigenvalue weighted by Crippen LogP contribution is -2.22. The third kappa shape index (κ3) is 3.25. The van der Waals surface area contributed by atoms with Crippen molar-refractivity contribution in [1.82, 2.24) is 5.32 Å². The molecule has 0 fully saturated rings. The Morgan fingerprint density at radius 3 is 2.95 bits per heavy atom. The molecule has 2 nitrogen and oxygen atoms in total. The highest BCUT2D eigenvalue weighted by molar-refractivity contribution is 7.16. The van der Waals surface area contributed by atoms with E-state index in [0.717, 1.165) is 29.5 Å². The summed E-state index contributed by atoms with van der Waals surface area (Å²) >= 11 is 7.76. The Balaban J connectivity index is 1.91. The minimum absolute atomic E-state index is 0.212. The van der Waals surface area contributed by atoms with Crippen LogP contribution in [0.5, 0.6) is 5.75 Å². The number of benzene rings is 1. The zero-order chi connectivity index (χ0) is 14.8. The monoisotopic (exact) mass is 321 g/mol. The minimum atomic E-state index is 0.212. The maximum absolute atomic E-state index is 6.11. The molecule has 0 aliphatic carbocycles. The average molecular weight is 322 g/mol. The molecule has 1 aliphatic heterocycles. The number of nitrogens with one attached hydrogen (secondary N) is 1. The first-order chi connectivity index (χ1) is 10.2. The van der Waals surface area contributed by atoms with E-state index in [4.69, 9.17) is 16.3 Å². The summed E-state index contributed by atoms with van der Waals surface area (Å²) in [6, 6.07) is 10.8. The Labute approximate surface area is 135 Å². The summed E-state index contributed by atoms with van der Waals surface area (Å²) in [6.45, 7) is 5.29. The fraction of sp³-hybridized carbons (Fsp3) is 0.412. The van der Waals surface area contributed by atoms with E-state index in [1.165, 1.54) is 16.0 Å². The molecule has 0 saturated heterocycles. The van der Waals surface area contributed by atoms with Gasteiger partial charge in [-0.15, -0.1) is 11.3 Å². The van der Waals surface area contributed by atoms with Crippen LogP contribution in [0.3, 0.4) is 0 Å². The van der Waals surface area contributed by atoms with Gasteiger partial charge in [-0.3, -0.25) is 0 Å². The van der Waals surface area contributed by atoms with E-state index in [2.05, 4.69) is 43.4 Å². The Kier molecular flexibility index (Phi) is 4.53. The highest BCUT2D eigenvalue weighted by Crippen LogP contribution is 2.35. The first-order valence-corrected chi connectivity index (χ1v) is 8.65. The number of ether oxygens (including phenoxy) is 1. The second-order valence-corrected chi connectivity index (χ2v) is 7.28. The second kappa shape index (κ2) is 6.39. The SMILES string of the molecule is CCCNC(c1ccc2c(c1)CC(C)O2)c1ccc(Cl)s1. The molecule has 2 atom stereocenters. The van der Waals surface area contributed by atoms with Gasteiger partial charge in [-0.1, -0.05) is 30.7 Å². The largest absolute Gasteiger partial charge is 0.490 e. The van der Waals surface area contributed by atoms with Crippen LogP contribution in [0.25, 0.3) is 0 Å². The molecular formula is C17H20ClNOS. The van der Waals surface area contributed by atoms with Crippen molar-refractivity contribution in [3.8, 4) is 5.75 Å². The molecule has 2 unspecified atom stereocenters. The number of hydrogen-bond donors (Lipinski definition) is 1.